The van der Waals surface area contributed by atoms with Gasteiger partial charge in [0.2, 0.25) is 0 Å². The van der Waals surface area contributed by atoms with E-state index >= 15 is 0 Å². The lowest BCUT2D eigenvalue weighted by atomic mass is 10.2. The Bertz CT molecular complexity index is 642. The second kappa shape index (κ2) is 11.1. The van der Waals surface area contributed by atoms with Gasteiger partial charge >= 0.3 is 0 Å². The van der Waals surface area contributed by atoms with Crippen molar-refractivity contribution in [3.05, 3.63) is 54.1 Å². The molecular formula is C21H28N2O2. The summed E-state index contributed by atoms with van der Waals surface area (Å²) < 4.78 is 11.6. The number of rotatable bonds is 11. The lowest BCUT2D eigenvalue weighted by molar-refractivity contribution is 0.270. The van der Waals surface area contributed by atoms with Crippen LogP contribution in [0.2, 0.25) is 0 Å². The third kappa shape index (κ3) is 6.87. The van der Waals surface area contributed by atoms with Gasteiger partial charge in [-0.3, -0.25) is 5.43 Å². The van der Waals surface area contributed by atoms with Crippen LogP contribution in [0.25, 0.3) is 0 Å². The highest BCUT2D eigenvalue weighted by Gasteiger charge is 2.06. The highest BCUT2D eigenvalue weighted by atomic mass is 16.5. The Labute approximate surface area is 150 Å². The first kappa shape index (κ1) is 18.8. The summed E-state index contributed by atoms with van der Waals surface area (Å²) >= 11 is 0. The molecule has 0 saturated carbocycles. The number of nitrogens with one attached hydrogen (secondary N) is 1. The van der Waals surface area contributed by atoms with Crippen LogP contribution in [0.3, 0.4) is 0 Å². The summed E-state index contributed by atoms with van der Waals surface area (Å²) in [4.78, 5) is 0. The molecule has 0 radical (unpaired) electrons. The molecule has 0 fully saturated rings. The molecule has 2 aromatic carbocycles. The molecule has 0 atom stereocenters. The maximum atomic E-state index is 5.88. The van der Waals surface area contributed by atoms with Crippen LogP contribution in [-0.4, -0.2) is 19.4 Å². The second-order valence-electron chi connectivity index (χ2n) is 5.78. The molecule has 2 aromatic rings. The zero-order valence-corrected chi connectivity index (χ0v) is 15.2. The van der Waals surface area contributed by atoms with Gasteiger partial charge in [0.1, 0.15) is 0 Å². The highest BCUT2D eigenvalue weighted by molar-refractivity contribution is 5.81. The molecule has 4 nitrogen and oxygen atoms in total. The Morgan fingerprint density at radius 3 is 2.52 bits per heavy atom. The predicted octanol–water partition coefficient (Wildman–Crippen LogP) is 5.49. The number of anilines is 1. The van der Waals surface area contributed by atoms with Crippen LogP contribution < -0.4 is 14.9 Å². The largest absolute Gasteiger partial charge is 0.490 e. The van der Waals surface area contributed by atoms with Gasteiger partial charge in [0, 0.05) is 0 Å². The van der Waals surface area contributed by atoms with Crippen molar-refractivity contribution in [3.8, 4) is 11.5 Å². The molecule has 4 heteroatoms. The van der Waals surface area contributed by atoms with Gasteiger partial charge in [0.15, 0.2) is 11.5 Å². The van der Waals surface area contributed by atoms with E-state index in [2.05, 4.69) is 17.5 Å². The molecule has 0 aromatic heterocycles. The van der Waals surface area contributed by atoms with Gasteiger partial charge in [-0.15, -0.1) is 0 Å². The van der Waals surface area contributed by atoms with Gasteiger partial charge in [-0.05, 0) is 49.2 Å². The van der Waals surface area contributed by atoms with Gasteiger partial charge in [0.05, 0.1) is 25.1 Å². The average Bonchev–Trinajstić information content (AvgIpc) is 2.64. The smallest absolute Gasteiger partial charge is 0.161 e. The van der Waals surface area contributed by atoms with Crippen LogP contribution in [0.5, 0.6) is 11.5 Å². The molecule has 0 aliphatic heterocycles. The fraction of sp³-hybridized carbons (Fsp3) is 0.381. The molecule has 1 N–H and O–H groups in total. The van der Waals surface area contributed by atoms with E-state index in [1.54, 1.807) is 6.21 Å². The summed E-state index contributed by atoms with van der Waals surface area (Å²) in [7, 11) is 0. The Morgan fingerprint density at radius 1 is 0.920 bits per heavy atom. The Balaban J connectivity index is 1.94. The Kier molecular flexibility index (Phi) is 8.39. The van der Waals surface area contributed by atoms with Crippen LogP contribution in [-0.2, 0) is 0 Å². The van der Waals surface area contributed by atoms with E-state index in [0.717, 1.165) is 35.8 Å². The lowest BCUT2D eigenvalue weighted by Crippen LogP contribution is -2.02. The van der Waals surface area contributed by atoms with Crippen molar-refractivity contribution in [2.75, 3.05) is 18.6 Å². The van der Waals surface area contributed by atoms with Crippen LogP contribution in [0.1, 0.15) is 45.1 Å². The van der Waals surface area contributed by atoms with Crippen molar-refractivity contribution in [1.29, 1.82) is 0 Å². The molecular weight excluding hydrogens is 312 g/mol. The van der Waals surface area contributed by atoms with Gasteiger partial charge in [-0.2, -0.15) is 5.10 Å². The minimum Gasteiger partial charge on any atom is -0.490 e. The van der Waals surface area contributed by atoms with Crippen LogP contribution in [0.15, 0.2) is 53.6 Å². The van der Waals surface area contributed by atoms with Gasteiger partial charge < -0.3 is 9.47 Å². The number of para-hydroxylation sites is 1. The SMILES string of the molecule is CCCCCCOc1ccc(/C=N/Nc2ccccc2)cc1OCC. The monoisotopic (exact) mass is 340 g/mol. The van der Waals surface area contributed by atoms with Crippen molar-refractivity contribution in [2.24, 2.45) is 5.10 Å². The van der Waals surface area contributed by atoms with Crippen molar-refractivity contribution >= 4 is 11.9 Å². The van der Waals surface area contributed by atoms with E-state index in [1.165, 1.54) is 19.3 Å². The van der Waals surface area contributed by atoms with Gasteiger partial charge in [-0.25, -0.2) is 0 Å². The summed E-state index contributed by atoms with van der Waals surface area (Å²) in [5.74, 6) is 1.56. The molecule has 0 heterocycles. The van der Waals surface area contributed by atoms with E-state index in [0.29, 0.717) is 6.61 Å². The number of hydrazone groups is 1. The molecule has 0 bridgehead atoms. The fourth-order valence-corrected chi connectivity index (χ4v) is 2.40. The summed E-state index contributed by atoms with van der Waals surface area (Å²) in [6.45, 7) is 5.52. The average molecular weight is 340 g/mol. The number of nitrogens with zero attached hydrogens (tertiary/aromatic N) is 1. The minimum atomic E-state index is 0.606. The standard InChI is InChI=1S/C21H28N2O2/c1-3-5-6-10-15-25-20-14-13-18(16-21(20)24-4-2)17-22-23-19-11-8-7-9-12-19/h7-9,11-14,16-17,23H,3-6,10,15H2,1-2H3/b22-17+. The quantitative estimate of drug-likeness (QED) is 0.334. The lowest BCUT2D eigenvalue weighted by Gasteiger charge is -2.12. The van der Waals surface area contributed by atoms with E-state index in [9.17, 15) is 0 Å². The van der Waals surface area contributed by atoms with Gasteiger partial charge in [-0.1, -0.05) is 44.4 Å². The first-order valence-corrected chi connectivity index (χ1v) is 9.07. The Morgan fingerprint density at radius 2 is 1.76 bits per heavy atom. The van der Waals surface area contributed by atoms with Crippen LogP contribution >= 0.6 is 0 Å². The first-order chi connectivity index (χ1) is 12.3. The van der Waals surface area contributed by atoms with Gasteiger partial charge in [0.25, 0.3) is 0 Å². The third-order valence-corrected chi connectivity index (χ3v) is 3.70. The fourth-order valence-electron chi connectivity index (χ4n) is 2.40. The third-order valence-electron chi connectivity index (χ3n) is 3.70. The Hall–Kier alpha value is -2.49. The molecule has 0 aliphatic carbocycles. The second-order valence-corrected chi connectivity index (χ2v) is 5.78. The summed E-state index contributed by atoms with van der Waals surface area (Å²) in [5.41, 5.74) is 4.93. The normalized spacial score (nSPS) is 10.8. The van der Waals surface area contributed by atoms with E-state index in [4.69, 9.17) is 9.47 Å². The predicted molar refractivity (Wildman–Crippen MR) is 105 cm³/mol. The summed E-state index contributed by atoms with van der Waals surface area (Å²) in [6, 6.07) is 15.8. The maximum Gasteiger partial charge on any atom is 0.161 e. The highest BCUT2D eigenvalue weighted by Crippen LogP contribution is 2.28. The van der Waals surface area contributed by atoms with Crippen LogP contribution in [0, 0.1) is 0 Å². The summed E-state index contributed by atoms with van der Waals surface area (Å²) in [6.07, 6.45) is 6.54. The molecule has 0 amide bonds. The molecule has 25 heavy (non-hydrogen) atoms. The number of ether oxygens (including phenoxy) is 2. The molecule has 0 unspecified atom stereocenters. The number of benzene rings is 2. The zero-order chi connectivity index (χ0) is 17.7. The van der Waals surface area contributed by atoms with E-state index in [1.807, 2.05) is 55.5 Å². The zero-order valence-electron chi connectivity index (χ0n) is 15.2. The van der Waals surface area contributed by atoms with E-state index < -0.39 is 0 Å². The number of unbranched alkanes of at least 4 members (excludes halogenated alkanes) is 3. The van der Waals surface area contributed by atoms with Crippen LogP contribution in [0.4, 0.5) is 5.69 Å². The van der Waals surface area contributed by atoms with Crippen molar-refractivity contribution in [1.82, 2.24) is 0 Å². The molecule has 0 saturated heterocycles. The summed E-state index contributed by atoms with van der Waals surface area (Å²) in [5, 5.41) is 4.27. The molecule has 2 rings (SSSR count). The van der Waals surface area contributed by atoms with Crippen molar-refractivity contribution in [3.63, 3.8) is 0 Å². The minimum absolute atomic E-state index is 0.606. The maximum absolute atomic E-state index is 5.88. The number of hydrogen-bond donors (Lipinski definition) is 1. The van der Waals surface area contributed by atoms with Crippen molar-refractivity contribution < 1.29 is 9.47 Å². The molecule has 134 valence electrons. The van der Waals surface area contributed by atoms with E-state index in [-0.39, 0.29) is 0 Å². The number of hydrogen-bond acceptors (Lipinski definition) is 4. The molecule has 0 spiro atoms. The first-order valence-electron chi connectivity index (χ1n) is 9.07. The molecule has 0 aliphatic rings. The topological polar surface area (TPSA) is 42.8 Å². The van der Waals surface area contributed by atoms with Crippen molar-refractivity contribution in [2.45, 2.75) is 39.5 Å².